The second-order valence-electron chi connectivity index (χ2n) is 3.62. The number of pyridine rings is 1. The lowest BCUT2D eigenvalue weighted by Crippen LogP contribution is -2.23. The van der Waals surface area contributed by atoms with E-state index >= 15 is 0 Å². The fourth-order valence-electron chi connectivity index (χ4n) is 1.42. The Hall–Kier alpha value is -1.88. The zero-order valence-electron chi connectivity index (χ0n) is 9.56. The number of rotatable bonds is 4. The van der Waals surface area contributed by atoms with Gasteiger partial charge in [-0.05, 0) is 39.7 Å². The van der Waals surface area contributed by atoms with Gasteiger partial charge in [-0.1, -0.05) is 12.2 Å². The smallest absolute Gasteiger partial charge is 0.267 e. The number of amides is 1. The molecule has 0 saturated carbocycles. The predicted molar refractivity (Wildman–Crippen MR) is 74.1 cm³/mol. The van der Waals surface area contributed by atoms with Gasteiger partial charge in [0.15, 0.2) is 0 Å². The molecule has 2 heterocycles. The maximum atomic E-state index is 11.7. The standard InChI is InChI=1S/C13H12BrN3O/c14-11-8-12(17-9-11)13(18)16-5-1-2-10-3-6-15-7-4-10/h1-4,6-9,17H,5H2,(H,16,18)/b2-1+. The van der Waals surface area contributed by atoms with Gasteiger partial charge < -0.3 is 10.3 Å². The summed E-state index contributed by atoms with van der Waals surface area (Å²) >= 11 is 3.28. The molecule has 0 atom stereocenters. The van der Waals surface area contributed by atoms with E-state index in [1.165, 1.54) is 0 Å². The van der Waals surface area contributed by atoms with Crippen LogP contribution < -0.4 is 5.32 Å². The summed E-state index contributed by atoms with van der Waals surface area (Å²) < 4.78 is 0.861. The van der Waals surface area contributed by atoms with Gasteiger partial charge in [-0.3, -0.25) is 9.78 Å². The summed E-state index contributed by atoms with van der Waals surface area (Å²) in [7, 11) is 0. The van der Waals surface area contributed by atoms with Crippen molar-refractivity contribution in [2.45, 2.75) is 0 Å². The van der Waals surface area contributed by atoms with Gasteiger partial charge in [-0.25, -0.2) is 0 Å². The van der Waals surface area contributed by atoms with Crippen molar-refractivity contribution in [3.8, 4) is 0 Å². The fourth-order valence-corrected chi connectivity index (χ4v) is 1.76. The number of hydrogen-bond acceptors (Lipinski definition) is 2. The first-order valence-corrected chi connectivity index (χ1v) is 6.24. The summed E-state index contributed by atoms with van der Waals surface area (Å²) in [5, 5.41) is 2.79. The summed E-state index contributed by atoms with van der Waals surface area (Å²) in [6.07, 6.45) is 9.02. The summed E-state index contributed by atoms with van der Waals surface area (Å²) in [4.78, 5) is 18.5. The molecule has 0 aliphatic carbocycles. The highest BCUT2D eigenvalue weighted by atomic mass is 79.9. The summed E-state index contributed by atoms with van der Waals surface area (Å²) in [5.74, 6) is -0.125. The average molecular weight is 306 g/mol. The number of nitrogens with zero attached hydrogens (tertiary/aromatic N) is 1. The lowest BCUT2D eigenvalue weighted by molar-refractivity contribution is 0.0953. The van der Waals surface area contributed by atoms with Crippen LogP contribution in [0.15, 0.2) is 47.3 Å². The molecule has 0 aliphatic rings. The van der Waals surface area contributed by atoms with E-state index in [2.05, 4.69) is 31.2 Å². The molecule has 92 valence electrons. The lowest BCUT2D eigenvalue weighted by atomic mass is 10.2. The molecule has 0 saturated heterocycles. The zero-order chi connectivity index (χ0) is 12.8. The molecular weight excluding hydrogens is 294 g/mol. The fraction of sp³-hybridized carbons (Fsp3) is 0.0769. The normalized spacial score (nSPS) is 10.7. The van der Waals surface area contributed by atoms with Crippen LogP contribution in [0, 0.1) is 0 Å². The second-order valence-corrected chi connectivity index (χ2v) is 4.54. The number of nitrogens with one attached hydrogen (secondary N) is 2. The van der Waals surface area contributed by atoms with E-state index in [9.17, 15) is 4.79 Å². The van der Waals surface area contributed by atoms with Crippen molar-refractivity contribution in [3.05, 3.63) is 58.6 Å². The van der Waals surface area contributed by atoms with E-state index in [0.717, 1.165) is 10.0 Å². The van der Waals surface area contributed by atoms with Crippen molar-refractivity contribution in [2.75, 3.05) is 6.54 Å². The van der Waals surface area contributed by atoms with Gasteiger partial charge in [0, 0.05) is 29.6 Å². The van der Waals surface area contributed by atoms with E-state index in [1.54, 1.807) is 24.7 Å². The molecule has 2 aromatic rings. The molecule has 2 N–H and O–H groups in total. The van der Waals surface area contributed by atoms with Gasteiger partial charge in [0.2, 0.25) is 0 Å². The van der Waals surface area contributed by atoms with Crippen molar-refractivity contribution in [3.63, 3.8) is 0 Å². The second kappa shape index (κ2) is 6.16. The number of aromatic nitrogens is 2. The molecule has 1 amide bonds. The molecule has 0 aliphatic heterocycles. The Morgan fingerprint density at radius 3 is 2.89 bits per heavy atom. The van der Waals surface area contributed by atoms with Crippen molar-refractivity contribution < 1.29 is 4.79 Å². The van der Waals surface area contributed by atoms with E-state index in [0.29, 0.717) is 12.2 Å². The van der Waals surface area contributed by atoms with Crippen LogP contribution in [0.3, 0.4) is 0 Å². The highest BCUT2D eigenvalue weighted by Crippen LogP contribution is 2.10. The minimum atomic E-state index is -0.125. The molecule has 2 rings (SSSR count). The highest BCUT2D eigenvalue weighted by Gasteiger charge is 2.05. The molecule has 4 nitrogen and oxygen atoms in total. The Balaban J connectivity index is 1.82. The van der Waals surface area contributed by atoms with Gasteiger partial charge in [-0.2, -0.15) is 0 Å². The minimum Gasteiger partial charge on any atom is -0.356 e. The monoisotopic (exact) mass is 305 g/mol. The molecule has 0 aromatic carbocycles. The maximum Gasteiger partial charge on any atom is 0.267 e. The Morgan fingerprint density at radius 1 is 1.44 bits per heavy atom. The predicted octanol–water partition coefficient (Wildman–Crippen LogP) is 2.62. The first-order valence-electron chi connectivity index (χ1n) is 5.44. The summed E-state index contributed by atoms with van der Waals surface area (Å²) in [6, 6.07) is 5.54. The number of hydrogen-bond donors (Lipinski definition) is 2. The van der Waals surface area contributed by atoms with Crippen molar-refractivity contribution in [1.82, 2.24) is 15.3 Å². The topological polar surface area (TPSA) is 57.8 Å². The Bertz CT molecular complexity index is 548. The highest BCUT2D eigenvalue weighted by molar-refractivity contribution is 9.10. The quantitative estimate of drug-likeness (QED) is 0.912. The number of aromatic amines is 1. The average Bonchev–Trinajstić information content (AvgIpc) is 2.82. The molecule has 5 heteroatoms. The van der Waals surface area contributed by atoms with Crippen molar-refractivity contribution in [1.29, 1.82) is 0 Å². The molecule has 0 radical (unpaired) electrons. The van der Waals surface area contributed by atoms with Gasteiger partial charge in [-0.15, -0.1) is 0 Å². The zero-order valence-corrected chi connectivity index (χ0v) is 11.1. The Kier molecular flexibility index (Phi) is 4.30. The van der Waals surface area contributed by atoms with Gasteiger partial charge in [0.05, 0.1) is 0 Å². The molecule has 0 spiro atoms. The third kappa shape index (κ3) is 3.56. The van der Waals surface area contributed by atoms with E-state index in [4.69, 9.17) is 0 Å². The molecule has 2 aromatic heterocycles. The third-order valence-corrected chi connectivity index (χ3v) is 2.75. The van der Waals surface area contributed by atoms with E-state index in [-0.39, 0.29) is 5.91 Å². The van der Waals surface area contributed by atoms with Crippen LogP contribution in [-0.4, -0.2) is 22.4 Å². The third-order valence-electron chi connectivity index (χ3n) is 2.29. The first kappa shape index (κ1) is 12.6. The lowest BCUT2D eigenvalue weighted by Gasteiger charge is -1.99. The molecular formula is C13H12BrN3O. The largest absolute Gasteiger partial charge is 0.356 e. The van der Waals surface area contributed by atoms with Crippen molar-refractivity contribution >= 4 is 27.9 Å². The summed E-state index contributed by atoms with van der Waals surface area (Å²) in [5.41, 5.74) is 1.60. The first-order chi connectivity index (χ1) is 8.75. The molecule has 18 heavy (non-hydrogen) atoms. The van der Waals surface area contributed by atoms with Gasteiger partial charge in [0.1, 0.15) is 5.69 Å². The van der Waals surface area contributed by atoms with Crippen LogP contribution in [0.25, 0.3) is 6.08 Å². The molecule has 0 fully saturated rings. The minimum absolute atomic E-state index is 0.125. The SMILES string of the molecule is O=C(NC/C=C/c1ccncc1)c1cc(Br)c[nH]1. The van der Waals surface area contributed by atoms with E-state index in [1.807, 2.05) is 24.3 Å². The van der Waals surface area contributed by atoms with Crippen LogP contribution in [0.2, 0.25) is 0 Å². The molecule has 0 unspecified atom stereocenters. The number of carbonyl (C=O) groups is 1. The number of H-pyrrole nitrogens is 1. The summed E-state index contributed by atoms with van der Waals surface area (Å²) in [6.45, 7) is 0.484. The van der Waals surface area contributed by atoms with E-state index < -0.39 is 0 Å². The molecule has 0 bridgehead atoms. The van der Waals surface area contributed by atoms with Crippen LogP contribution in [0.4, 0.5) is 0 Å². The number of halogens is 1. The maximum absolute atomic E-state index is 11.7. The van der Waals surface area contributed by atoms with Crippen LogP contribution in [0.5, 0.6) is 0 Å². The van der Waals surface area contributed by atoms with Gasteiger partial charge >= 0.3 is 0 Å². The Morgan fingerprint density at radius 2 is 2.22 bits per heavy atom. The van der Waals surface area contributed by atoms with Crippen LogP contribution in [-0.2, 0) is 0 Å². The van der Waals surface area contributed by atoms with Gasteiger partial charge in [0.25, 0.3) is 5.91 Å². The Labute approximate surface area is 113 Å². The van der Waals surface area contributed by atoms with Crippen molar-refractivity contribution in [2.24, 2.45) is 0 Å². The number of carbonyl (C=O) groups excluding carboxylic acids is 1. The van der Waals surface area contributed by atoms with Crippen LogP contribution >= 0.6 is 15.9 Å². The van der Waals surface area contributed by atoms with Crippen LogP contribution in [0.1, 0.15) is 16.1 Å².